The standard InChI is InChI=1S/C24H33NO2/c1-23-10-3-2-4-17(23)5-6-18-20(23)9-11-24(12-13-25)19(7-8-21(18)24)16-14-22(26)27-15-16/h14,17-21H,2-12,15H2,1H3/t17?,18-,19-,20+,21-,23+,24+/m1/s1. The molecule has 1 unspecified atom stereocenters. The fourth-order valence-corrected chi connectivity index (χ4v) is 8.74. The SMILES string of the molecule is C[C@]12CCCCC1CC[C@H]1[C@H]3CC[C@H](C4=CC(=O)OC4)[C@@]3(CC#N)CC[C@@H]12. The summed E-state index contributed by atoms with van der Waals surface area (Å²) in [6, 6.07) is 2.57. The van der Waals surface area contributed by atoms with Gasteiger partial charge in [0.05, 0.1) is 6.07 Å². The van der Waals surface area contributed by atoms with Crippen molar-refractivity contribution in [1.29, 1.82) is 5.26 Å². The summed E-state index contributed by atoms with van der Waals surface area (Å²) in [7, 11) is 0. The van der Waals surface area contributed by atoms with Gasteiger partial charge in [0.1, 0.15) is 6.61 Å². The molecule has 4 aliphatic carbocycles. The van der Waals surface area contributed by atoms with Crippen molar-refractivity contribution in [3.05, 3.63) is 11.6 Å². The Morgan fingerprint density at radius 2 is 2.00 bits per heavy atom. The minimum atomic E-state index is -0.176. The number of hydrogen-bond donors (Lipinski definition) is 0. The molecule has 1 heterocycles. The molecule has 0 aromatic carbocycles. The first kappa shape index (κ1) is 17.8. The van der Waals surface area contributed by atoms with Crippen LogP contribution >= 0.6 is 0 Å². The van der Waals surface area contributed by atoms with E-state index in [0.717, 1.165) is 24.2 Å². The summed E-state index contributed by atoms with van der Waals surface area (Å²) in [5, 5.41) is 9.74. The normalized spacial score (nSPS) is 48.7. The second-order valence-electron chi connectivity index (χ2n) is 10.5. The van der Waals surface area contributed by atoms with E-state index in [4.69, 9.17) is 4.74 Å². The number of nitrogens with zero attached hydrogens (tertiary/aromatic N) is 1. The molecule has 4 saturated carbocycles. The molecule has 146 valence electrons. The van der Waals surface area contributed by atoms with Crippen molar-refractivity contribution in [2.75, 3.05) is 6.61 Å². The van der Waals surface area contributed by atoms with Gasteiger partial charge in [-0.15, -0.1) is 0 Å². The van der Waals surface area contributed by atoms with Crippen LogP contribution in [0.5, 0.6) is 0 Å². The van der Waals surface area contributed by atoms with Crippen molar-refractivity contribution >= 4 is 5.97 Å². The number of nitriles is 1. The van der Waals surface area contributed by atoms with Gasteiger partial charge in [0, 0.05) is 12.5 Å². The first-order valence-electron chi connectivity index (χ1n) is 11.3. The highest BCUT2D eigenvalue weighted by atomic mass is 16.5. The Morgan fingerprint density at radius 3 is 2.78 bits per heavy atom. The van der Waals surface area contributed by atoms with Crippen molar-refractivity contribution in [3.8, 4) is 6.07 Å². The third-order valence-corrected chi connectivity index (χ3v) is 9.84. The van der Waals surface area contributed by atoms with Crippen LogP contribution in [0.25, 0.3) is 0 Å². The van der Waals surface area contributed by atoms with Crippen LogP contribution in [0.2, 0.25) is 0 Å². The van der Waals surface area contributed by atoms with Crippen LogP contribution < -0.4 is 0 Å². The van der Waals surface area contributed by atoms with E-state index < -0.39 is 0 Å². The van der Waals surface area contributed by atoms with Gasteiger partial charge in [-0.05, 0) is 97.4 Å². The van der Waals surface area contributed by atoms with Crippen molar-refractivity contribution in [2.45, 2.75) is 77.6 Å². The largest absolute Gasteiger partial charge is 0.458 e. The van der Waals surface area contributed by atoms with E-state index in [-0.39, 0.29) is 11.4 Å². The molecular weight excluding hydrogens is 334 g/mol. The highest BCUT2D eigenvalue weighted by Gasteiger charge is 2.61. The zero-order valence-electron chi connectivity index (χ0n) is 16.7. The van der Waals surface area contributed by atoms with Crippen molar-refractivity contribution in [1.82, 2.24) is 0 Å². The van der Waals surface area contributed by atoms with E-state index in [1.807, 2.05) is 0 Å². The summed E-state index contributed by atoms with van der Waals surface area (Å²) in [5.41, 5.74) is 1.84. The van der Waals surface area contributed by atoms with Gasteiger partial charge in [-0.25, -0.2) is 4.79 Å². The maximum absolute atomic E-state index is 11.7. The molecule has 0 N–H and O–H groups in total. The van der Waals surface area contributed by atoms with Gasteiger partial charge in [-0.1, -0.05) is 19.8 Å². The molecule has 0 aromatic heterocycles. The molecule has 0 amide bonds. The Morgan fingerprint density at radius 1 is 1.11 bits per heavy atom. The number of hydrogen-bond acceptors (Lipinski definition) is 3. The van der Waals surface area contributed by atoms with Gasteiger partial charge in [0.15, 0.2) is 0 Å². The third-order valence-electron chi connectivity index (χ3n) is 9.84. The maximum Gasteiger partial charge on any atom is 0.331 e. The van der Waals surface area contributed by atoms with Gasteiger partial charge >= 0.3 is 5.97 Å². The van der Waals surface area contributed by atoms with E-state index in [1.54, 1.807) is 6.08 Å². The van der Waals surface area contributed by atoms with Gasteiger partial charge in [0.2, 0.25) is 0 Å². The first-order chi connectivity index (χ1) is 13.1. The average Bonchev–Trinajstić information content (AvgIpc) is 3.25. The van der Waals surface area contributed by atoms with E-state index in [9.17, 15) is 10.1 Å². The molecular formula is C24H33NO2. The van der Waals surface area contributed by atoms with E-state index >= 15 is 0 Å². The Labute approximate surface area is 163 Å². The molecule has 1 aliphatic heterocycles. The lowest BCUT2D eigenvalue weighted by atomic mass is 9.44. The number of cyclic esters (lactones) is 1. The Hall–Kier alpha value is -1.30. The molecule has 0 aromatic rings. The molecule has 3 nitrogen and oxygen atoms in total. The van der Waals surface area contributed by atoms with Crippen molar-refractivity contribution < 1.29 is 9.53 Å². The van der Waals surface area contributed by atoms with Crippen LogP contribution in [0.1, 0.15) is 77.6 Å². The van der Waals surface area contributed by atoms with Crippen LogP contribution in [-0.2, 0) is 9.53 Å². The lowest BCUT2D eigenvalue weighted by molar-refractivity contribution is -0.135. The Kier molecular flexibility index (Phi) is 4.19. The van der Waals surface area contributed by atoms with Gasteiger partial charge in [-0.3, -0.25) is 0 Å². The Bertz CT molecular complexity index is 706. The molecule has 7 atom stereocenters. The fourth-order valence-electron chi connectivity index (χ4n) is 8.74. The topological polar surface area (TPSA) is 50.1 Å². The molecule has 5 aliphatic rings. The lowest BCUT2D eigenvalue weighted by Gasteiger charge is -2.61. The zero-order chi connectivity index (χ0) is 18.6. The highest BCUT2D eigenvalue weighted by molar-refractivity contribution is 5.85. The number of ether oxygens (including phenoxy) is 1. The van der Waals surface area contributed by atoms with E-state index in [0.29, 0.717) is 30.3 Å². The van der Waals surface area contributed by atoms with Crippen LogP contribution in [-0.4, -0.2) is 12.6 Å². The summed E-state index contributed by atoms with van der Waals surface area (Å²) in [5.74, 6) is 3.50. The molecule has 4 fully saturated rings. The average molecular weight is 368 g/mol. The minimum absolute atomic E-state index is 0.105. The molecule has 5 rings (SSSR count). The number of esters is 1. The Balaban J connectivity index is 1.48. The number of carbonyl (C=O) groups is 1. The van der Waals surface area contributed by atoms with Crippen LogP contribution in [0.4, 0.5) is 0 Å². The van der Waals surface area contributed by atoms with Crippen LogP contribution in [0.15, 0.2) is 11.6 Å². The summed E-state index contributed by atoms with van der Waals surface area (Å²) in [4.78, 5) is 11.7. The van der Waals surface area contributed by atoms with Crippen LogP contribution in [0, 0.1) is 51.8 Å². The molecule has 27 heavy (non-hydrogen) atoms. The second-order valence-corrected chi connectivity index (χ2v) is 10.5. The molecule has 0 saturated heterocycles. The maximum atomic E-state index is 11.7. The molecule has 0 spiro atoms. The first-order valence-corrected chi connectivity index (χ1v) is 11.3. The van der Waals surface area contributed by atoms with Gasteiger partial charge in [-0.2, -0.15) is 5.26 Å². The molecule has 3 heteroatoms. The number of rotatable bonds is 2. The summed E-state index contributed by atoms with van der Waals surface area (Å²) >= 11 is 0. The predicted octanol–water partition coefficient (Wildman–Crippen LogP) is 5.41. The van der Waals surface area contributed by atoms with Crippen LogP contribution in [0.3, 0.4) is 0 Å². The third kappa shape index (κ3) is 2.48. The summed E-state index contributed by atoms with van der Waals surface area (Å²) < 4.78 is 5.26. The summed E-state index contributed by atoms with van der Waals surface area (Å²) in [6.45, 7) is 3.08. The lowest BCUT2D eigenvalue weighted by Crippen LogP contribution is -2.53. The van der Waals surface area contributed by atoms with E-state index in [2.05, 4.69) is 13.0 Å². The molecule has 0 bridgehead atoms. The van der Waals surface area contributed by atoms with E-state index in [1.165, 1.54) is 63.4 Å². The van der Waals surface area contributed by atoms with Crippen molar-refractivity contribution in [3.63, 3.8) is 0 Å². The quantitative estimate of drug-likeness (QED) is 0.613. The summed E-state index contributed by atoms with van der Waals surface area (Å²) in [6.07, 6.45) is 15.8. The smallest absolute Gasteiger partial charge is 0.331 e. The molecule has 0 radical (unpaired) electrons. The van der Waals surface area contributed by atoms with Gasteiger partial charge in [0.25, 0.3) is 0 Å². The zero-order valence-corrected chi connectivity index (χ0v) is 16.7. The second kappa shape index (κ2) is 6.36. The predicted molar refractivity (Wildman–Crippen MR) is 103 cm³/mol. The monoisotopic (exact) mass is 367 g/mol. The highest BCUT2D eigenvalue weighted by Crippen LogP contribution is 2.69. The number of carbonyl (C=O) groups excluding carboxylic acids is 1. The number of fused-ring (bicyclic) bond motifs is 5. The minimum Gasteiger partial charge on any atom is -0.458 e. The van der Waals surface area contributed by atoms with Gasteiger partial charge < -0.3 is 4.74 Å². The fraction of sp³-hybridized carbons (Fsp3) is 0.833. The van der Waals surface area contributed by atoms with Crippen molar-refractivity contribution in [2.24, 2.45) is 40.4 Å².